The van der Waals surface area contributed by atoms with Gasteiger partial charge in [0.05, 0.1) is 23.9 Å². The molecule has 0 unspecified atom stereocenters. The highest BCUT2D eigenvalue weighted by Crippen LogP contribution is 2.36. The lowest BCUT2D eigenvalue weighted by atomic mass is 9.79. The second-order valence-corrected chi connectivity index (χ2v) is 8.83. The van der Waals surface area contributed by atoms with Gasteiger partial charge in [-0.05, 0) is 58.6 Å². The topological polar surface area (TPSA) is 51.2 Å². The monoisotopic (exact) mass is 388 g/mol. The first kappa shape index (κ1) is 21.2. The zero-order chi connectivity index (χ0) is 20.5. The lowest BCUT2D eigenvalue weighted by molar-refractivity contribution is -0.139. The number of nitrogens with zero attached hydrogens (tertiary/aromatic N) is 2. The normalized spacial score (nSPS) is 24.6. The molecule has 7 heteroatoms. The van der Waals surface area contributed by atoms with Crippen molar-refractivity contribution in [2.75, 3.05) is 33.3 Å². The van der Waals surface area contributed by atoms with Crippen molar-refractivity contribution < 1.29 is 18.8 Å². The van der Waals surface area contributed by atoms with Gasteiger partial charge in [-0.1, -0.05) is 12.1 Å². The van der Waals surface area contributed by atoms with Crippen molar-refractivity contribution in [1.29, 1.82) is 0 Å². The van der Waals surface area contributed by atoms with Gasteiger partial charge in [0.1, 0.15) is 5.75 Å². The second kappa shape index (κ2) is 8.05. The molecule has 2 heterocycles. The molecule has 0 radical (unpaired) electrons. The minimum absolute atomic E-state index is 0.0436. The van der Waals surface area contributed by atoms with Gasteiger partial charge in [0.15, 0.2) is 0 Å². The molecule has 0 aliphatic carbocycles. The van der Waals surface area contributed by atoms with E-state index in [1.165, 1.54) is 0 Å². The molecule has 0 bridgehead atoms. The van der Waals surface area contributed by atoms with E-state index in [-0.39, 0.29) is 30.3 Å². The second-order valence-electron chi connectivity index (χ2n) is 8.83. The van der Waals surface area contributed by atoms with Crippen LogP contribution in [0.1, 0.15) is 41.0 Å². The zero-order valence-corrected chi connectivity index (χ0v) is 18.0. The summed E-state index contributed by atoms with van der Waals surface area (Å²) in [5, 5.41) is 0. The number of carbonyl (C=O) groups excluding carboxylic acids is 1. The van der Waals surface area contributed by atoms with Crippen LogP contribution in [0.25, 0.3) is 0 Å². The molecule has 6 nitrogen and oxygen atoms in total. The Hall–Kier alpha value is -1.57. The Morgan fingerprint density at radius 3 is 2.32 bits per heavy atom. The summed E-state index contributed by atoms with van der Waals surface area (Å²) in [4.78, 5) is 16.1. The standard InChI is InChI=1S/C21H33BN2O4/c1-16-19(25)23(6)13-14-24(16)12-7-15-26-18-10-8-17(9-11-18)22-27-20(2,3)21(4,5)28-22/h8-11,16H,7,12-15H2,1-6H3/t16-/m1/s1. The number of ether oxygens (including phenoxy) is 1. The van der Waals surface area contributed by atoms with E-state index in [1.807, 2.05) is 38.2 Å². The van der Waals surface area contributed by atoms with E-state index in [0.717, 1.165) is 37.3 Å². The maximum absolute atomic E-state index is 12.0. The molecule has 154 valence electrons. The van der Waals surface area contributed by atoms with Gasteiger partial charge in [0.25, 0.3) is 0 Å². The molecule has 1 aromatic rings. The first-order valence-electron chi connectivity index (χ1n) is 10.2. The van der Waals surface area contributed by atoms with E-state index in [1.54, 1.807) is 4.90 Å². The lowest BCUT2D eigenvalue weighted by Gasteiger charge is -2.37. The summed E-state index contributed by atoms with van der Waals surface area (Å²) in [6.45, 7) is 13.4. The van der Waals surface area contributed by atoms with Gasteiger partial charge in [0.2, 0.25) is 5.91 Å². The summed E-state index contributed by atoms with van der Waals surface area (Å²) < 4.78 is 18.0. The molecule has 28 heavy (non-hydrogen) atoms. The minimum Gasteiger partial charge on any atom is -0.494 e. The highest BCUT2D eigenvalue weighted by atomic mass is 16.7. The first-order valence-corrected chi connectivity index (χ1v) is 10.2. The molecule has 2 aliphatic heterocycles. The van der Waals surface area contributed by atoms with Gasteiger partial charge in [-0.2, -0.15) is 0 Å². The van der Waals surface area contributed by atoms with E-state index in [4.69, 9.17) is 14.0 Å². The van der Waals surface area contributed by atoms with E-state index in [9.17, 15) is 4.79 Å². The largest absolute Gasteiger partial charge is 0.494 e. The third-order valence-electron chi connectivity index (χ3n) is 6.27. The number of hydrogen-bond acceptors (Lipinski definition) is 5. The molecule has 0 N–H and O–H groups in total. The SMILES string of the molecule is C[C@@H]1C(=O)N(C)CCN1CCCOc1ccc(B2OC(C)(C)C(C)(C)O2)cc1. The van der Waals surface area contributed by atoms with Crippen LogP contribution in [-0.4, -0.2) is 73.4 Å². The number of benzene rings is 1. The van der Waals surface area contributed by atoms with Gasteiger partial charge in [-0.15, -0.1) is 0 Å². The van der Waals surface area contributed by atoms with Crippen molar-refractivity contribution in [3.8, 4) is 5.75 Å². The van der Waals surface area contributed by atoms with E-state index in [2.05, 4.69) is 32.6 Å². The molecular weight excluding hydrogens is 355 g/mol. The smallest absolute Gasteiger partial charge is 0.494 e. The van der Waals surface area contributed by atoms with E-state index in [0.29, 0.717) is 6.61 Å². The average Bonchev–Trinajstić information content (AvgIpc) is 2.86. The van der Waals surface area contributed by atoms with Gasteiger partial charge in [-0.25, -0.2) is 0 Å². The van der Waals surface area contributed by atoms with Crippen LogP contribution in [-0.2, 0) is 14.1 Å². The summed E-state index contributed by atoms with van der Waals surface area (Å²) in [7, 11) is 1.52. The molecule has 3 rings (SSSR count). The summed E-state index contributed by atoms with van der Waals surface area (Å²) in [6, 6.07) is 7.88. The maximum Gasteiger partial charge on any atom is 0.494 e. The van der Waals surface area contributed by atoms with Crippen LogP contribution >= 0.6 is 0 Å². The Kier molecular flexibility index (Phi) is 6.08. The molecular formula is C21H33BN2O4. The third kappa shape index (κ3) is 4.37. The minimum atomic E-state index is -0.352. The van der Waals surface area contributed by atoms with Crippen LogP contribution in [0, 0.1) is 0 Å². The van der Waals surface area contributed by atoms with Crippen LogP contribution < -0.4 is 10.2 Å². The van der Waals surface area contributed by atoms with E-state index >= 15 is 0 Å². The highest BCUT2D eigenvalue weighted by Gasteiger charge is 2.51. The fourth-order valence-corrected chi connectivity index (χ4v) is 3.52. The Morgan fingerprint density at radius 1 is 1.11 bits per heavy atom. The Bertz CT molecular complexity index is 676. The molecule has 1 atom stereocenters. The highest BCUT2D eigenvalue weighted by molar-refractivity contribution is 6.62. The first-order chi connectivity index (χ1) is 13.1. The number of likely N-dealkylation sites (N-methyl/N-ethyl adjacent to an activating group) is 1. The Labute approximate surface area is 169 Å². The van der Waals surface area contributed by atoms with Crippen molar-refractivity contribution >= 4 is 18.5 Å². The predicted octanol–water partition coefficient (Wildman–Crippen LogP) is 1.92. The number of hydrogen-bond donors (Lipinski definition) is 0. The number of rotatable bonds is 6. The van der Waals surface area contributed by atoms with Gasteiger partial charge in [0, 0.05) is 26.7 Å². The van der Waals surface area contributed by atoms with Crippen LogP contribution in [0.5, 0.6) is 5.75 Å². The van der Waals surface area contributed by atoms with Gasteiger partial charge >= 0.3 is 7.12 Å². The molecule has 1 amide bonds. The quantitative estimate of drug-likeness (QED) is 0.551. The molecule has 0 aromatic heterocycles. The molecule has 0 spiro atoms. The molecule has 2 aliphatic rings. The van der Waals surface area contributed by atoms with Crippen molar-refractivity contribution in [1.82, 2.24) is 9.80 Å². The van der Waals surface area contributed by atoms with Crippen molar-refractivity contribution in [3.05, 3.63) is 24.3 Å². The number of carbonyl (C=O) groups is 1. The maximum atomic E-state index is 12.0. The predicted molar refractivity (Wildman–Crippen MR) is 111 cm³/mol. The zero-order valence-electron chi connectivity index (χ0n) is 18.0. The van der Waals surface area contributed by atoms with Crippen LogP contribution in [0.2, 0.25) is 0 Å². The molecule has 2 saturated heterocycles. The fourth-order valence-electron chi connectivity index (χ4n) is 3.52. The molecule has 1 aromatic carbocycles. The van der Waals surface area contributed by atoms with Crippen LogP contribution in [0.3, 0.4) is 0 Å². The van der Waals surface area contributed by atoms with Gasteiger partial charge in [-0.3, -0.25) is 9.69 Å². The fraction of sp³-hybridized carbons (Fsp3) is 0.667. The van der Waals surface area contributed by atoms with E-state index < -0.39 is 0 Å². The van der Waals surface area contributed by atoms with Crippen LogP contribution in [0.4, 0.5) is 0 Å². The van der Waals surface area contributed by atoms with Crippen molar-refractivity contribution in [3.63, 3.8) is 0 Å². The summed E-state index contributed by atoms with van der Waals surface area (Å²) in [5.74, 6) is 1.04. The number of amides is 1. The summed E-state index contributed by atoms with van der Waals surface area (Å²) >= 11 is 0. The number of piperazine rings is 1. The van der Waals surface area contributed by atoms with Gasteiger partial charge < -0.3 is 18.9 Å². The third-order valence-corrected chi connectivity index (χ3v) is 6.27. The Balaban J connectivity index is 1.45. The average molecular weight is 388 g/mol. The van der Waals surface area contributed by atoms with Crippen molar-refractivity contribution in [2.45, 2.75) is 58.3 Å². The molecule has 0 saturated carbocycles. The Morgan fingerprint density at radius 2 is 1.71 bits per heavy atom. The lowest BCUT2D eigenvalue weighted by Crippen LogP contribution is -2.54. The summed E-state index contributed by atoms with van der Waals surface area (Å²) in [6.07, 6.45) is 0.889. The summed E-state index contributed by atoms with van der Waals surface area (Å²) in [5.41, 5.74) is 0.319. The van der Waals surface area contributed by atoms with Crippen molar-refractivity contribution in [2.24, 2.45) is 0 Å². The molecule has 2 fully saturated rings. The van der Waals surface area contributed by atoms with Crippen LogP contribution in [0.15, 0.2) is 24.3 Å².